The minimum Gasteiger partial charge on any atom is -0.392 e. The molecule has 0 saturated carbocycles. The summed E-state index contributed by atoms with van der Waals surface area (Å²) < 4.78 is 6.91. The topological polar surface area (TPSA) is 101 Å². The van der Waals surface area contributed by atoms with Crippen LogP contribution in [0.5, 0.6) is 0 Å². The molecular weight excluding hydrogens is 238 g/mol. The first-order chi connectivity index (χ1) is 8.69. The van der Waals surface area contributed by atoms with E-state index in [0.717, 1.165) is 0 Å². The zero-order valence-electron chi connectivity index (χ0n) is 10.1. The molecule has 3 unspecified atom stereocenters. The lowest BCUT2D eigenvalue weighted by molar-refractivity contribution is -0.140. The molecule has 0 spiro atoms. The van der Waals surface area contributed by atoms with Crippen molar-refractivity contribution < 1.29 is 20.1 Å². The van der Waals surface area contributed by atoms with E-state index < -0.39 is 18.3 Å². The highest BCUT2D eigenvalue weighted by molar-refractivity contribution is 4.81. The highest BCUT2D eigenvalue weighted by Gasteiger charge is 2.31. The monoisotopic (exact) mass is 257 g/mol. The van der Waals surface area contributed by atoms with Crippen LogP contribution in [0.15, 0.2) is 25.0 Å². The van der Waals surface area contributed by atoms with Crippen LogP contribution in [0.4, 0.5) is 0 Å². The SMILES string of the molecule is C=CCO.OC1CCOC(Cn2ccnn2)C1O. The summed E-state index contributed by atoms with van der Waals surface area (Å²) in [6.45, 7) is 4.20. The number of rotatable bonds is 3. The van der Waals surface area contributed by atoms with Crippen LogP contribution in [-0.2, 0) is 11.3 Å². The Balaban J connectivity index is 0.000000357. The van der Waals surface area contributed by atoms with Gasteiger partial charge in [0.25, 0.3) is 0 Å². The molecule has 1 aromatic rings. The van der Waals surface area contributed by atoms with Gasteiger partial charge in [-0.3, -0.25) is 0 Å². The summed E-state index contributed by atoms with van der Waals surface area (Å²) in [5.74, 6) is 0. The van der Waals surface area contributed by atoms with Crippen LogP contribution in [0.1, 0.15) is 6.42 Å². The number of aliphatic hydroxyl groups excluding tert-OH is 3. The van der Waals surface area contributed by atoms with E-state index in [0.29, 0.717) is 19.6 Å². The molecular formula is C11H19N3O4. The van der Waals surface area contributed by atoms with Crippen LogP contribution in [0, 0.1) is 0 Å². The van der Waals surface area contributed by atoms with Crippen molar-refractivity contribution in [3.05, 3.63) is 25.0 Å². The molecule has 2 heterocycles. The van der Waals surface area contributed by atoms with Crippen LogP contribution in [0.25, 0.3) is 0 Å². The van der Waals surface area contributed by atoms with E-state index in [1.165, 1.54) is 6.08 Å². The Morgan fingerprint density at radius 2 is 2.22 bits per heavy atom. The van der Waals surface area contributed by atoms with Gasteiger partial charge in [-0.15, -0.1) is 11.7 Å². The number of hydrogen-bond donors (Lipinski definition) is 3. The standard InChI is InChI=1S/C8H13N3O3.C3H6O/c12-6-1-4-14-7(8(6)13)5-11-3-2-9-10-11;1-2-3-4/h2-3,6-8,12-13H,1,4-5H2;2,4H,1,3H2. The molecule has 0 aromatic carbocycles. The van der Waals surface area contributed by atoms with Gasteiger partial charge in [0.05, 0.1) is 25.5 Å². The first-order valence-corrected chi connectivity index (χ1v) is 5.72. The molecule has 7 heteroatoms. The van der Waals surface area contributed by atoms with Gasteiger partial charge in [0.1, 0.15) is 12.2 Å². The van der Waals surface area contributed by atoms with E-state index in [9.17, 15) is 10.2 Å². The van der Waals surface area contributed by atoms with Gasteiger partial charge >= 0.3 is 0 Å². The highest BCUT2D eigenvalue weighted by atomic mass is 16.5. The summed E-state index contributed by atoms with van der Waals surface area (Å²) in [5, 5.41) is 34.2. The van der Waals surface area contributed by atoms with Gasteiger partial charge in [-0.05, 0) is 6.42 Å². The van der Waals surface area contributed by atoms with E-state index >= 15 is 0 Å². The normalized spacial score (nSPS) is 27.2. The molecule has 0 aliphatic carbocycles. The maximum Gasteiger partial charge on any atom is 0.108 e. The Bertz CT molecular complexity index is 331. The van der Waals surface area contributed by atoms with Gasteiger partial charge < -0.3 is 20.1 Å². The maximum atomic E-state index is 9.60. The van der Waals surface area contributed by atoms with E-state index in [2.05, 4.69) is 16.9 Å². The molecule has 18 heavy (non-hydrogen) atoms. The first-order valence-electron chi connectivity index (χ1n) is 5.72. The van der Waals surface area contributed by atoms with Crippen molar-refractivity contribution in [1.82, 2.24) is 15.0 Å². The lowest BCUT2D eigenvalue weighted by Gasteiger charge is -2.31. The molecule has 7 nitrogen and oxygen atoms in total. The second kappa shape index (κ2) is 7.93. The van der Waals surface area contributed by atoms with E-state index in [1.807, 2.05) is 0 Å². The van der Waals surface area contributed by atoms with Crippen molar-refractivity contribution in [2.45, 2.75) is 31.3 Å². The zero-order valence-corrected chi connectivity index (χ0v) is 10.1. The van der Waals surface area contributed by atoms with Crippen molar-refractivity contribution in [2.24, 2.45) is 0 Å². The number of ether oxygens (including phenoxy) is 1. The minimum atomic E-state index is -0.840. The lowest BCUT2D eigenvalue weighted by atomic mass is 10.0. The third-order valence-corrected chi connectivity index (χ3v) is 2.49. The molecule has 1 aliphatic rings. The molecule has 3 atom stereocenters. The van der Waals surface area contributed by atoms with Crippen LogP contribution in [0.3, 0.4) is 0 Å². The first kappa shape index (κ1) is 14.8. The number of nitrogens with zero attached hydrogens (tertiary/aromatic N) is 3. The summed E-state index contributed by atoms with van der Waals surface area (Å²) >= 11 is 0. The molecule has 102 valence electrons. The lowest BCUT2D eigenvalue weighted by Crippen LogP contribution is -2.46. The zero-order chi connectivity index (χ0) is 13.4. The Labute approximate surface area is 105 Å². The van der Waals surface area contributed by atoms with Crippen molar-refractivity contribution >= 4 is 0 Å². The molecule has 0 bridgehead atoms. The summed E-state index contributed by atoms with van der Waals surface area (Å²) in [6.07, 6.45) is 3.23. The summed E-state index contributed by atoms with van der Waals surface area (Å²) in [4.78, 5) is 0. The summed E-state index contributed by atoms with van der Waals surface area (Å²) in [7, 11) is 0. The smallest absolute Gasteiger partial charge is 0.108 e. The quantitative estimate of drug-likeness (QED) is 0.598. The van der Waals surface area contributed by atoms with Gasteiger partial charge in [0.2, 0.25) is 0 Å². The molecule has 1 saturated heterocycles. The Hall–Kier alpha value is -1.28. The van der Waals surface area contributed by atoms with Crippen molar-refractivity contribution in [1.29, 1.82) is 0 Å². The van der Waals surface area contributed by atoms with Gasteiger partial charge in [0, 0.05) is 12.8 Å². The van der Waals surface area contributed by atoms with Gasteiger partial charge in [-0.25, -0.2) is 4.68 Å². The molecule has 3 N–H and O–H groups in total. The minimum absolute atomic E-state index is 0.0833. The molecule has 0 radical (unpaired) electrons. The predicted octanol–water partition coefficient (Wildman–Crippen LogP) is -1.05. The Morgan fingerprint density at radius 3 is 2.78 bits per heavy atom. The van der Waals surface area contributed by atoms with E-state index in [-0.39, 0.29) is 6.61 Å². The summed E-state index contributed by atoms with van der Waals surface area (Å²) in [5.41, 5.74) is 0. The number of aromatic nitrogens is 3. The average molecular weight is 257 g/mol. The van der Waals surface area contributed by atoms with Crippen LogP contribution in [-0.4, -0.2) is 61.8 Å². The second-order valence-corrected chi connectivity index (χ2v) is 3.85. The third-order valence-electron chi connectivity index (χ3n) is 2.49. The van der Waals surface area contributed by atoms with Gasteiger partial charge in [-0.2, -0.15) is 0 Å². The number of hydrogen-bond acceptors (Lipinski definition) is 6. The van der Waals surface area contributed by atoms with E-state index in [1.54, 1.807) is 17.1 Å². The fourth-order valence-electron chi connectivity index (χ4n) is 1.53. The summed E-state index contributed by atoms with van der Waals surface area (Å²) in [6, 6.07) is 0. The molecule has 1 aliphatic heterocycles. The maximum absolute atomic E-state index is 9.60. The predicted molar refractivity (Wildman–Crippen MR) is 63.7 cm³/mol. The van der Waals surface area contributed by atoms with Gasteiger partial charge in [-0.1, -0.05) is 11.3 Å². The average Bonchev–Trinajstić information content (AvgIpc) is 2.88. The third kappa shape index (κ3) is 4.53. The molecule has 1 aromatic heterocycles. The Morgan fingerprint density at radius 1 is 1.50 bits per heavy atom. The molecule has 2 rings (SSSR count). The second-order valence-electron chi connectivity index (χ2n) is 3.85. The van der Waals surface area contributed by atoms with Crippen molar-refractivity contribution in [3.63, 3.8) is 0 Å². The van der Waals surface area contributed by atoms with Crippen molar-refractivity contribution in [2.75, 3.05) is 13.2 Å². The number of aliphatic hydroxyl groups is 3. The van der Waals surface area contributed by atoms with Crippen LogP contribution in [0.2, 0.25) is 0 Å². The van der Waals surface area contributed by atoms with Gasteiger partial charge in [0.15, 0.2) is 0 Å². The Kier molecular flexibility index (Phi) is 6.51. The van der Waals surface area contributed by atoms with Crippen LogP contribution >= 0.6 is 0 Å². The molecule has 1 fully saturated rings. The fraction of sp³-hybridized carbons (Fsp3) is 0.636. The van der Waals surface area contributed by atoms with Crippen molar-refractivity contribution in [3.8, 4) is 0 Å². The molecule has 0 amide bonds. The highest BCUT2D eigenvalue weighted by Crippen LogP contribution is 2.15. The largest absolute Gasteiger partial charge is 0.392 e. The van der Waals surface area contributed by atoms with Crippen LogP contribution < -0.4 is 0 Å². The fourth-order valence-corrected chi connectivity index (χ4v) is 1.53. The van der Waals surface area contributed by atoms with E-state index in [4.69, 9.17) is 9.84 Å².